The van der Waals surface area contributed by atoms with Crippen LogP contribution in [0.5, 0.6) is 0 Å². The van der Waals surface area contributed by atoms with Crippen molar-refractivity contribution in [3.63, 3.8) is 0 Å². The van der Waals surface area contributed by atoms with Crippen molar-refractivity contribution >= 4 is 39.7 Å². The molecule has 1 aliphatic carbocycles. The Labute approximate surface area is 155 Å². The monoisotopic (exact) mass is 362 g/mol. The molecular formula is C21H18N2O2S. The molecule has 0 amide bonds. The fourth-order valence-corrected chi connectivity index (χ4v) is 4.57. The zero-order chi connectivity index (χ0) is 17.5. The van der Waals surface area contributed by atoms with Gasteiger partial charge in [0.2, 0.25) is 5.91 Å². The summed E-state index contributed by atoms with van der Waals surface area (Å²) >= 11 is 1.36. The van der Waals surface area contributed by atoms with E-state index in [-0.39, 0.29) is 5.91 Å². The Kier molecular flexibility index (Phi) is 3.82. The number of fused-ring (bicyclic) bond motifs is 4. The van der Waals surface area contributed by atoms with Gasteiger partial charge in [0.15, 0.2) is 5.58 Å². The fraction of sp³-hybridized carbons (Fsp3) is 0.238. The van der Waals surface area contributed by atoms with E-state index in [1.165, 1.54) is 34.8 Å². The summed E-state index contributed by atoms with van der Waals surface area (Å²) in [5.74, 6) is 0.411. The quantitative estimate of drug-likeness (QED) is 0.476. The Morgan fingerprint density at radius 2 is 1.88 bits per heavy atom. The maximum atomic E-state index is 13.1. The third kappa shape index (κ3) is 2.54. The van der Waals surface area contributed by atoms with Crippen LogP contribution >= 0.6 is 11.8 Å². The van der Waals surface area contributed by atoms with E-state index in [1.807, 2.05) is 34.9 Å². The minimum absolute atomic E-state index is 0.0941. The molecule has 0 radical (unpaired) electrons. The van der Waals surface area contributed by atoms with Crippen molar-refractivity contribution in [3.05, 3.63) is 59.8 Å². The number of thioether (sulfide) groups is 1. The highest BCUT2D eigenvalue weighted by Crippen LogP contribution is 2.33. The second kappa shape index (κ2) is 6.32. The summed E-state index contributed by atoms with van der Waals surface area (Å²) in [4.78, 5) is 17.5. The van der Waals surface area contributed by atoms with Crippen LogP contribution in [-0.4, -0.2) is 21.2 Å². The van der Waals surface area contributed by atoms with Gasteiger partial charge in [-0.3, -0.25) is 9.36 Å². The average Bonchev–Trinajstić information content (AvgIpc) is 3.25. The number of para-hydroxylation sites is 3. The van der Waals surface area contributed by atoms with E-state index < -0.39 is 0 Å². The Morgan fingerprint density at radius 1 is 1.08 bits per heavy atom. The number of hydrogen-bond acceptors (Lipinski definition) is 4. The molecule has 0 saturated carbocycles. The number of aryl methyl sites for hydroxylation is 1. The maximum Gasteiger partial charge on any atom is 0.257 e. The lowest BCUT2D eigenvalue weighted by Crippen LogP contribution is -2.18. The van der Waals surface area contributed by atoms with Gasteiger partial charge in [0.25, 0.3) is 5.22 Å². The predicted octanol–water partition coefficient (Wildman–Crippen LogP) is 5.09. The molecule has 1 aliphatic rings. The molecule has 0 saturated heterocycles. The Balaban J connectivity index is 1.47. The summed E-state index contributed by atoms with van der Waals surface area (Å²) in [5.41, 5.74) is 5.16. The van der Waals surface area contributed by atoms with Crippen LogP contribution in [0.3, 0.4) is 0 Å². The predicted molar refractivity (Wildman–Crippen MR) is 104 cm³/mol. The lowest BCUT2D eigenvalue weighted by Gasteiger charge is -2.14. The Hall–Kier alpha value is -2.53. The van der Waals surface area contributed by atoms with Gasteiger partial charge in [-0.25, -0.2) is 4.98 Å². The van der Waals surface area contributed by atoms with Crippen molar-refractivity contribution in [1.82, 2.24) is 9.55 Å². The highest BCUT2D eigenvalue weighted by Gasteiger charge is 2.23. The van der Waals surface area contributed by atoms with E-state index >= 15 is 0 Å². The molecular weight excluding hydrogens is 344 g/mol. The molecule has 0 N–H and O–H groups in total. The summed E-state index contributed by atoms with van der Waals surface area (Å²) in [6.45, 7) is 0. The van der Waals surface area contributed by atoms with E-state index in [0.29, 0.717) is 11.0 Å². The zero-order valence-corrected chi connectivity index (χ0v) is 15.1. The number of nitrogens with zero attached hydrogens (tertiary/aromatic N) is 2. The third-order valence-corrected chi connectivity index (χ3v) is 5.83. The number of aromatic nitrogens is 2. The van der Waals surface area contributed by atoms with Crippen molar-refractivity contribution in [2.24, 2.45) is 0 Å². The first-order chi connectivity index (χ1) is 12.8. The highest BCUT2D eigenvalue weighted by molar-refractivity contribution is 7.99. The van der Waals surface area contributed by atoms with Crippen LogP contribution in [0.4, 0.5) is 0 Å². The standard InChI is InChI=1S/C21H18N2O2S/c24-20(13-26-21-22-16-9-3-6-12-19(16)25-21)23-17-10-4-1-7-14(17)15-8-2-5-11-18(15)23/h1,3-4,6-7,9-10,12H,2,5,8,11,13H2. The second-order valence-corrected chi connectivity index (χ2v) is 7.54. The van der Waals surface area contributed by atoms with Gasteiger partial charge >= 0.3 is 0 Å². The van der Waals surface area contributed by atoms with Gasteiger partial charge in [0, 0.05) is 11.1 Å². The average molecular weight is 362 g/mol. The van der Waals surface area contributed by atoms with Gasteiger partial charge in [-0.1, -0.05) is 42.1 Å². The largest absolute Gasteiger partial charge is 0.431 e. The van der Waals surface area contributed by atoms with Crippen molar-refractivity contribution in [2.45, 2.75) is 30.9 Å². The first kappa shape index (κ1) is 15.7. The first-order valence-electron chi connectivity index (χ1n) is 8.94. The molecule has 0 spiro atoms. The van der Waals surface area contributed by atoms with E-state index in [0.717, 1.165) is 35.9 Å². The molecule has 2 aromatic heterocycles. The summed E-state index contributed by atoms with van der Waals surface area (Å²) in [6.07, 6.45) is 4.39. The fourth-order valence-electron chi connectivity index (χ4n) is 3.88. The molecule has 2 aromatic carbocycles. The number of rotatable bonds is 3. The molecule has 0 bridgehead atoms. The second-order valence-electron chi connectivity index (χ2n) is 6.61. The molecule has 0 unspecified atom stereocenters. The van der Waals surface area contributed by atoms with E-state index in [2.05, 4.69) is 23.2 Å². The molecule has 4 aromatic rings. The van der Waals surface area contributed by atoms with E-state index in [4.69, 9.17) is 4.42 Å². The summed E-state index contributed by atoms with van der Waals surface area (Å²) < 4.78 is 7.66. The molecule has 26 heavy (non-hydrogen) atoms. The van der Waals surface area contributed by atoms with Gasteiger partial charge in [0.1, 0.15) is 5.52 Å². The molecule has 130 valence electrons. The molecule has 5 heteroatoms. The molecule has 2 heterocycles. The lowest BCUT2D eigenvalue weighted by molar-refractivity contribution is 0.0943. The Bertz CT molecular complexity index is 1090. The van der Waals surface area contributed by atoms with Crippen molar-refractivity contribution in [2.75, 3.05) is 5.75 Å². The molecule has 0 atom stereocenters. The van der Waals surface area contributed by atoms with Crippen LogP contribution in [0.25, 0.3) is 22.0 Å². The van der Waals surface area contributed by atoms with Gasteiger partial charge in [-0.15, -0.1) is 0 Å². The molecule has 0 aliphatic heterocycles. The molecule has 5 rings (SSSR count). The minimum atomic E-state index is 0.0941. The van der Waals surface area contributed by atoms with Crippen LogP contribution in [-0.2, 0) is 12.8 Å². The SMILES string of the molecule is O=C(CSc1nc2ccccc2o1)n1c2c(c3ccccc31)CCCC2. The van der Waals surface area contributed by atoms with Crippen molar-refractivity contribution < 1.29 is 9.21 Å². The molecule has 4 nitrogen and oxygen atoms in total. The van der Waals surface area contributed by atoms with Crippen molar-refractivity contribution in [1.29, 1.82) is 0 Å². The van der Waals surface area contributed by atoms with Crippen LogP contribution in [0.2, 0.25) is 0 Å². The number of hydrogen-bond donors (Lipinski definition) is 0. The van der Waals surface area contributed by atoms with Gasteiger partial charge in [-0.05, 0) is 49.4 Å². The number of benzene rings is 2. The number of oxazole rings is 1. The van der Waals surface area contributed by atoms with Gasteiger partial charge < -0.3 is 4.42 Å². The van der Waals surface area contributed by atoms with E-state index in [9.17, 15) is 4.79 Å². The Morgan fingerprint density at radius 3 is 2.81 bits per heavy atom. The normalized spacial score (nSPS) is 14.0. The summed E-state index contributed by atoms with van der Waals surface area (Å²) in [6, 6.07) is 15.9. The highest BCUT2D eigenvalue weighted by atomic mass is 32.2. The first-order valence-corrected chi connectivity index (χ1v) is 9.92. The maximum absolute atomic E-state index is 13.1. The van der Waals surface area contributed by atoms with Crippen LogP contribution in [0, 0.1) is 0 Å². The van der Waals surface area contributed by atoms with Crippen molar-refractivity contribution in [3.8, 4) is 0 Å². The minimum Gasteiger partial charge on any atom is -0.431 e. The smallest absolute Gasteiger partial charge is 0.257 e. The summed E-state index contributed by atoms with van der Waals surface area (Å²) in [7, 11) is 0. The third-order valence-electron chi connectivity index (χ3n) is 5.02. The van der Waals surface area contributed by atoms with Crippen LogP contribution in [0.1, 0.15) is 28.9 Å². The zero-order valence-electron chi connectivity index (χ0n) is 14.3. The topological polar surface area (TPSA) is 48.0 Å². The van der Waals surface area contributed by atoms with Gasteiger partial charge in [-0.2, -0.15) is 0 Å². The van der Waals surface area contributed by atoms with Crippen LogP contribution < -0.4 is 0 Å². The lowest BCUT2D eigenvalue weighted by atomic mass is 9.96. The number of carbonyl (C=O) groups excluding carboxylic acids is 1. The number of carbonyl (C=O) groups is 1. The molecule has 0 fully saturated rings. The van der Waals surface area contributed by atoms with E-state index in [1.54, 1.807) is 0 Å². The summed E-state index contributed by atoms with van der Waals surface area (Å²) in [5, 5.41) is 1.77. The van der Waals surface area contributed by atoms with Crippen LogP contribution in [0.15, 0.2) is 58.2 Å². The van der Waals surface area contributed by atoms with Gasteiger partial charge in [0.05, 0.1) is 11.3 Å².